The van der Waals surface area contributed by atoms with E-state index in [0.29, 0.717) is 29.2 Å². The minimum atomic E-state index is -0.875. The molecular weight excluding hydrogens is 514 g/mol. The van der Waals surface area contributed by atoms with Crippen LogP contribution in [0.15, 0.2) is 33.2 Å². The predicted octanol–water partition coefficient (Wildman–Crippen LogP) is 4.68. The number of benzene rings is 1. The van der Waals surface area contributed by atoms with E-state index < -0.39 is 5.79 Å². The number of nitrogens with zero attached hydrogens (tertiary/aromatic N) is 4. The molecule has 1 aromatic heterocycles. The zero-order chi connectivity index (χ0) is 27.4. The molecule has 2 aliphatic carbocycles. The lowest BCUT2D eigenvalue weighted by molar-refractivity contribution is 0.0868. The van der Waals surface area contributed by atoms with Crippen molar-refractivity contribution >= 4 is 23.7 Å². The summed E-state index contributed by atoms with van der Waals surface area (Å²) < 4.78 is 18.8. The lowest BCUT2D eigenvalue weighted by atomic mass is 9.83. The van der Waals surface area contributed by atoms with E-state index in [9.17, 15) is 0 Å². The zero-order valence-electron chi connectivity index (χ0n) is 23.5. The molecule has 1 unspecified atom stereocenters. The van der Waals surface area contributed by atoms with Gasteiger partial charge in [-0.3, -0.25) is 5.32 Å². The molecule has 3 aliphatic rings. The van der Waals surface area contributed by atoms with Crippen molar-refractivity contribution in [1.82, 2.24) is 20.4 Å². The lowest BCUT2D eigenvalue weighted by Gasteiger charge is -2.44. The van der Waals surface area contributed by atoms with E-state index in [4.69, 9.17) is 35.0 Å². The van der Waals surface area contributed by atoms with Crippen molar-refractivity contribution in [3.8, 4) is 28.5 Å². The molecular formula is C28H41N7O3S. The van der Waals surface area contributed by atoms with Crippen LogP contribution in [-0.4, -0.2) is 55.3 Å². The Balaban J connectivity index is 1.62. The number of guanidine groups is 2. The number of thioether (sulfide) groups is 1. The third kappa shape index (κ3) is 5.50. The molecule has 39 heavy (non-hydrogen) atoms. The van der Waals surface area contributed by atoms with Crippen LogP contribution < -0.4 is 30.6 Å². The van der Waals surface area contributed by atoms with Gasteiger partial charge in [-0.05, 0) is 50.1 Å². The number of nitrogens with one attached hydrogen (secondary N) is 2. The summed E-state index contributed by atoms with van der Waals surface area (Å²) in [5, 5.41) is 13.1. The molecule has 212 valence electrons. The highest BCUT2D eigenvalue weighted by atomic mass is 32.2. The van der Waals surface area contributed by atoms with Crippen LogP contribution >= 0.6 is 11.8 Å². The lowest BCUT2D eigenvalue weighted by Crippen LogP contribution is -2.64. The Morgan fingerprint density at radius 2 is 1.59 bits per heavy atom. The van der Waals surface area contributed by atoms with Crippen molar-refractivity contribution in [3.63, 3.8) is 0 Å². The summed E-state index contributed by atoms with van der Waals surface area (Å²) in [6.07, 6.45) is 13.6. The second kappa shape index (κ2) is 12.0. The van der Waals surface area contributed by atoms with E-state index in [1.54, 1.807) is 33.1 Å². The van der Waals surface area contributed by atoms with Crippen molar-refractivity contribution in [1.29, 1.82) is 0 Å². The van der Waals surface area contributed by atoms with Crippen molar-refractivity contribution in [2.24, 2.45) is 21.6 Å². The quantitative estimate of drug-likeness (QED) is 0.402. The largest absolute Gasteiger partial charge is 0.493 e. The molecule has 11 heteroatoms. The Morgan fingerprint density at radius 1 is 0.949 bits per heavy atom. The monoisotopic (exact) mass is 555 g/mol. The van der Waals surface area contributed by atoms with Gasteiger partial charge in [0.25, 0.3) is 0 Å². The molecule has 2 fully saturated rings. The van der Waals surface area contributed by atoms with Gasteiger partial charge in [-0.15, -0.1) is 11.8 Å². The Kier molecular flexibility index (Phi) is 8.44. The van der Waals surface area contributed by atoms with Crippen LogP contribution in [0, 0.1) is 5.92 Å². The van der Waals surface area contributed by atoms with Gasteiger partial charge in [0.15, 0.2) is 17.5 Å². The maximum absolute atomic E-state index is 6.49. The summed E-state index contributed by atoms with van der Waals surface area (Å²) >= 11 is 1.64. The van der Waals surface area contributed by atoms with E-state index in [0.717, 1.165) is 54.8 Å². The highest BCUT2D eigenvalue weighted by Gasteiger charge is 2.46. The minimum Gasteiger partial charge on any atom is -0.493 e. The summed E-state index contributed by atoms with van der Waals surface area (Å²) in [5.41, 5.74) is 8.14. The van der Waals surface area contributed by atoms with E-state index in [2.05, 4.69) is 23.0 Å². The maximum atomic E-state index is 6.49. The van der Waals surface area contributed by atoms with Crippen molar-refractivity contribution in [2.75, 3.05) is 27.6 Å². The normalized spacial score (nSPS) is 23.6. The topological polar surface area (TPSA) is 120 Å². The molecule has 1 aromatic carbocycles. The van der Waals surface area contributed by atoms with Crippen LogP contribution in [0.25, 0.3) is 11.3 Å². The van der Waals surface area contributed by atoms with Crippen LogP contribution in [0.3, 0.4) is 0 Å². The molecule has 0 amide bonds. The van der Waals surface area contributed by atoms with Gasteiger partial charge >= 0.3 is 0 Å². The summed E-state index contributed by atoms with van der Waals surface area (Å²) in [7, 11) is 4.84. The molecule has 2 heterocycles. The van der Waals surface area contributed by atoms with E-state index in [-0.39, 0.29) is 12.0 Å². The number of hydrogen-bond acceptors (Lipinski definition) is 8. The Morgan fingerprint density at radius 3 is 2.18 bits per heavy atom. The van der Waals surface area contributed by atoms with Crippen molar-refractivity contribution in [2.45, 2.75) is 81.1 Å². The summed E-state index contributed by atoms with van der Waals surface area (Å²) in [6.45, 7) is 0. The van der Waals surface area contributed by atoms with Gasteiger partial charge in [-0.1, -0.05) is 38.5 Å². The second-order valence-electron chi connectivity index (χ2n) is 10.5. The Labute approximate surface area is 235 Å². The molecule has 2 saturated carbocycles. The number of ether oxygens (including phenoxy) is 3. The summed E-state index contributed by atoms with van der Waals surface area (Å²) in [4.78, 5) is 10.2. The van der Waals surface area contributed by atoms with Crippen molar-refractivity contribution < 1.29 is 14.2 Å². The molecule has 0 saturated heterocycles. The first kappa shape index (κ1) is 27.5. The van der Waals surface area contributed by atoms with Gasteiger partial charge in [0, 0.05) is 11.5 Å². The second-order valence-corrected chi connectivity index (χ2v) is 11.3. The molecule has 0 radical (unpaired) electrons. The number of hydrogen-bond donors (Lipinski definition) is 3. The molecule has 5 rings (SSSR count). The first-order valence-electron chi connectivity index (χ1n) is 13.9. The zero-order valence-corrected chi connectivity index (χ0v) is 24.3. The fourth-order valence-electron chi connectivity index (χ4n) is 6.12. The number of rotatable bonds is 8. The molecule has 4 N–H and O–H groups in total. The summed E-state index contributed by atoms with van der Waals surface area (Å²) in [6, 6.07) is 6.23. The Bertz CT molecular complexity index is 1190. The first-order valence-corrected chi connectivity index (χ1v) is 15.2. The fourth-order valence-corrected chi connectivity index (χ4v) is 6.70. The van der Waals surface area contributed by atoms with Crippen molar-refractivity contribution in [3.05, 3.63) is 18.2 Å². The molecule has 2 aromatic rings. The maximum Gasteiger partial charge on any atom is 0.236 e. The minimum absolute atomic E-state index is 0.210. The van der Waals surface area contributed by atoms with Gasteiger partial charge in [-0.25, -0.2) is 14.7 Å². The first-order chi connectivity index (χ1) is 19.0. The van der Waals surface area contributed by atoms with Crippen LogP contribution in [-0.2, 0) is 5.79 Å². The molecule has 1 atom stereocenters. The SMILES string of the molecule is COc1cc(-c2cc(SC)n(C3(C4CCCCC4)N=C(N)NC(=NC4CCCCC4)N3)n2)cc(OC)c1OC. The molecule has 10 nitrogen and oxygen atoms in total. The smallest absolute Gasteiger partial charge is 0.236 e. The third-order valence-corrected chi connectivity index (χ3v) is 8.78. The number of methoxy groups -OCH3 is 3. The predicted molar refractivity (Wildman–Crippen MR) is 156 cm³/mol. The van der Waals surface area contributed by atoms with Gasteiger partial charge in [0.1, 0.15) is 0 Å². The van der Waals surface area contributed by atoms with Gasteiger partial charge in [0.05, 0.1) is 38.1 Å². The van der Waals surface area contributed by atoms with Gasteiger partial charge in [-0.2, -0.15) is 5.10 Å². The van der Waals surface area contributed by atoms with Crippen LogP contribution in [0.4, 0.5) is 0 Å². The highest BCUT2D eigenvalue weighted by Crippen LogP contribution is 2.44. The Hall–Kier alpha value is -3.08. The van der Waals surface area contributed by atoms with E-state index >= 15 is 0 Å². The fraction of sp³-hybridized carbons (Fsp3) is 0.607. The number of aliphatic imine (C=N–C) groups is 2. The molecule has 0 bridgehead atoms. The molecule has 1 aliphatic heterocycles. The number of nitrogens with two attached hydrogens (primary N) is 1. The van der Waals surface area contributed by atoms with E-state index in [1.165, 1.54) is 25.7 Å². The highest BCUT2D eigenvalue weighted by molar-refractivity contribution is 7.98. The van der Waals surface area contributed by atoms with E-state index in [1.807, 2.05) is 16.8 Å². The summed E-state index contributed by atoms with van der Waals surface area (Å²) in [5.74, 6) is 2.11. The standard InChI is InChI=1S/C28H41N7O3S/c1-36-22-15-18(16-23(37-2)25(22)38-3)21-17-24(39-4)35(34-21)28(19-11-7-5-8-12-19)32-26(29)31-27(33-28)30-20-13-9-6-10-14-20/h15-17,19-20H,5-14H2,1-4H3,(H4,29,30,31,32,33). The average molecular weight is 556 g/mol. The van der Waals surface area contributed by atoms with Crippen LogP contribution in [0.5, 0.6) is 17.2 Å². The average Bonchev–Trinajstić information content (AvgIpc) is 3.42. The number of aromatic nitrogens is 2. The third-order valence-electron chi connectivity index (χ3n) is 8.07. The van der Waals surface area contributed by atoms with Crippen LogP contribution in [0.1, 0.15) is 64.2 Å². The van der Waals surface area contributed by atoms with Gasteiger partial charge in [0.2, 0.25) is 17.5 Å². The van der Waals surface area contributed by atoms with Gasteiger partial charge < -0.3 is 25.3 Å². The van der Waals surface area contributed by atoms with Crippen LogP contribution in [0.2, 0.25) is 0 Å². The molecule has 0 spiro atoms.